The molecule has 240 valence electrons. The molecule has 5 heteroatoms. The Hall–Kier alpha value is -6.46. The standard InChI is InChI=1S/C46H30N4O/c1-4-15-31-27(11-1)14-9-19-35(31)44-48-45(37-26-30-23-22-28-12-2-5-16-32(28)40(30)42-34(37)20-10-24-47-42)50-46(49-44)38-25-29-13-3-6-17-33(29)43-41(38)36-18-7-8-21-39(36)51-43/h1-2,4-12,14-26,31,35H,3,13H2. The molecule has 8 aromatic rings. The molecule has 0 N–H and O–H groups in total. The molecule has 0 saturated heterocycles. The summed E-state index contributed by atoms with van der Waals surface area (Å²) in [6.45, 7) is 0. The topological polar surface area (TPSA) is 64.7 Å². The van der Waals surface area contributed by atoms with Crippen molar-refractivity contribution in [2.45, 2.75) is 18.8 Å². The van der Waals surface area contributed by atoms with Crippen LogP contribution in [0.15, 0.2) is 150 Å². The Morgan fingerprint density at radius 3 is 2.43 bits per heavy atom. The van der Waals surface area contributed by atoms with E-state index in [2.05, 4.69) is 121 Å². The van der Waals surface area contributed by atoms with Crippen LogP contribution in [0.3, 0.4) is 0 Å². The molecule has 51 heavy (non-hydrogen) atoms. The molecule has 3 aliphatic rings. The molecule has 2 atom stereocenters. The van der Waals surface area contributed by atoms with Crippen LogP contribution in [0.5, 0.6) is 0 Å². The minimum Gasteiger partial charge on any atom is -0.455 e. The lowest BCUT2D eigenvalue weighted by Crippen LogP contribution is -2.18. The summed E-state index contributed by atoms with van der Waals surface area (Å²) in [7, 11) is 0. The fourth-order valence-corrected chi connectivity index (χ4v) is 8.39. The predicted molar refractivity (Wildman–Crippen MR) is 207 cm³/mol. The second-order valence-corrected chi connectivity index (χ2v) is 13.6. The van der Waals surface area contributed by atoms with Crippen LogP contribution in [0.4, 0.5) is 0 Å². The van der Waals surface area contributed by atoms with Gasteiger partial charge in [0.25, 0.3) is 0 Å². The number of pyridine rings is 1. The lowest BCUT2D eigenvalue weighted by atomic mass is 9.79. The number of hydrogen-bond acceptors (Lipinski definition) is 5. The van der Waals surface area contributed by atoms with E-state index in [1.807, 2.05) is 24.4 Å². The highest BCUT2D eigenvalue weighted by Crippen LogP contribution is 2.44. The third kappa shape index (κ3) is 4.34. The van der Waals surface area contributed by atoms with E-state index in [9.17, 15) is 0 Å². The molecule has 0 saturated carbocycles. The molecule has 0 spiro atoms. The fourth-order valence-electron chi connectivity index (χ4n) is 8.39. The third-order valence-electron chi connectivity index (χ3n) is 10.8. The minimum absolute atomic E-state index is 0.0577. The van der Waals surface area contributed by atoms with E-state index >= 15 is 0 Å². The number of hydrogen-bond donors (Lipinski definition) is 0. The molecule has 0 amide bonds. The van der Waals surface area contributed by atoms with E-state index in [0.29, 0.717) is 11.6 Å². The van der Waals surface area contributed by atoms with E-state index in [0.717, 1.165) is 79.0 Å². The van der Waals surface area contributed by atoms with E-state index in [1.54, 1.807) is 0 Å². The van der Waals surface area contributed by atoms with Crippen molar-refractivity contribution in [3.63, 3.8) is 0 Å². The van der Waals surface area contributed by atoms with Gasteiger partial charge in [-0.15, -0.1) is 0 Å². The lowest BCUT2D eigenvalue weighted by Gasteiger charge is -2.27. The average molecular weight is 655 g/mol. The SMILES string of the molecule is C1=CC2=CC=CC(c3nc(-c4cc5ccc6ccccc6c5c5ncccc45)nc(-c4cc5c(c6oc7ccccc7c46)C=CCC5)n3)C2C=C1. The van der Waals surface area contributed by atoms with Gasteiger partial charge in [0.2, 0.25) is 0 Å². The maximum absolute atomic E-state index is 6.62. The Morgan fingerprint density at radius 2 is 1.47 bits per heavy atom. The Balaban J connectivity index is 1.23. The lowest BCUT2D eigenvalue weighted by molar-refractivity contribution is 0.630. The number of fused-ring (bicyclic) bond motifs is 11. The molecule has 0 fully saturated rings. The highest BCUT2D eigenvalue weighted by Gasteiger charge is 2.30. The molecular formula is C46H30N4O. The largest absolute Gasteiger partial charge is 0.455 e. The average Bonchev–Trinajstić information content (AvgIpc) is 3.60. The van der Waals surface area contributed by atoms with Crippen molar-refractivity contribution in [1.29, 1.82) is 0 Å². The van der Waals surface area contributed by atoms with Gasteiger partial charge in [-0.05, 0) is 64.4 Å². The number of rotatable bonds is 3. The van der Waals surface area contributed by atoms with Crippen molar-refractivity contribution in [2.75, 3.05) is 0 Å². The Kier molecular flexibility index (Phi) is 6.14. The monoisotopic (exact) mass is 654 g/mol. The number of benzene rings is 5. The van der Waals surface area contributed by atoms with E-state index in [1.165, 1.54) is 21.9 Å². The third-order valence-corrected chi connectivity index (χ3v) is 10.8. The molecule has 3 heterocycles. The van der Waals surface area contributed by atoms with Crippen LogP contribution < -0.4 is 0 Å². The quantitative estimate of drug-likeness (QED) is 0.177. The van der Waals surface area contributed by atoms with Gasteiger partial charge in [-0.1, -0.05) is 115 Å². The van der Waals surface area contributed by atoms with Gasteiger partial charge >= 0.3 is 0 Å². The molecule has 0 radical (unpaired) electrons. The minimum atomic E-state index is -0.0577. The molecule has 0 aliphatic heterocycles. The zero-order chi connectivity index (χ0) is 33.5. The van der Waals surface area contributed by atoms with E-state index in [4.69, 9.17) is 24.4 Å². The first-order valence-corrected chi connectivity index (χ1v) is 17.6. The summed E-state index contributed by atoms with van der Waals surface area (Å²) in [6, 6.07) is 29.9. The van der Waals surface area contributed by atoms with Crippen molar-refractivity contribution in [2.24, 2.45) is 5.92 Å². The van der Waals surface area contributed by atoms with Gasteiger partial charge < -0.3 is 4.42 Å². The highest BCUT2D eigenvalue weighted by molar-refractivity contribution is 6.21. The maximum Gasteiger partial charge on any atom is 0.164 e. The summed E-state index contributed by atoms with van der Waals surface area (Å²) >= 11 is 0. The van der Waals surface area contributed by atoms with Gasteiger partial charge in [-0.2, -0.15) is 0 Å². The summed E-state index contributed by atoms with van der Waals surface area (Å²) < 4.78 is 6.62. The Morgan fingerprint density at radius 1 is 0.647 bits per heavy atom. The van der Waals surface area contributed by atoms with Crippen molar-refractivity contribution < 1.29 is 4.42 Å². The van der Waals surface area contributed by atoms with Crippen LogP contribution in [0.25, 0.3) is 83.2 Å². The molecule has 0 bridgehead atoms. The first-order chi connectivity index (χ1) is 25.3. The second kappa shape index (κ2) is 11.0. The van der Waals surface area contributed by atoms with Gasteiger partial charge in [-0.25, -0.2) is 15.0 Å². The highest BCUT2D eigenvalue weighted by atomic mass is 16.3. The summed E-state index contributed by atoms with van der Waals surface area (Å²) in [6.07, 6.45) is 23.5. The fraction of sp³-hybridized carbons (Fsp3) is 0.0870. The molecule has 3 aliphatic carbocycles. The van der Waals surface area contributed by atoms with Crippen molar-refractivity contribution in [3.05, 3.63) is 162 Å². The second-order valence-electron chi connectivity index (χ2n) is 13.6. The van der Waals surface area contributed by atoms with Crippen LogP contribution in [-0.4, -0.2) is 19.9 Å². The summed E-state index contributed by atoms with van der Waals surface area (Å²) in [5.74, 6) is 2.11. The van der Waals surface area contributed by atoms with Crippen molar-refractivity contribution in [3.8, 4) is 22.8 Å². The normalized spacial score (nSPS) is 17.8. The van der Waals surface area contributed by atoms with Gasteiger partial charge in [0.05, 0.1) is 5.52 Å². The molecule has 5 nitrogen and oxygen atoms in total. The summed E-state index contributed by atoms with van der Waals surface area (Å²) in [5, 5.41) is 7.72. The van der Waals surface area contributed by atoms with E-state index < -0.39 is 0 Å². The molecule has 2 unspecified atom stereocenters. The zero-order valence-corrected chi connectivity index (χ0v) is 27.6. The summed E-state index contributed by atoms with van der Waals surface area (Å²) in [4.78, 5) is 21.1. The van der Waals surface area contributed by atoms with Crippen LogP contribution in [-0.2, 0) is 6.42 Å². The zero-order valence-electron chi connectivity index (χ0n) is 27.6. The van der Waals surface area contributed by atoms with Gasteiger partial charge in [-0.3, -0.25) is 4.98 Å². The Bertz CT molecular complexity index is 2940. The van der Waals surface area contributed by atoms with Gasteiger partial charge in [0, 0.05) is 56.3 Å². The number of furan rings is 1. The molecule has 5 aromatic carbocycles. The number of para-hydroxylation sites is 1. The van der Waals surface area contributed by atoms with Gasteiger partial charge in [0.15, 0.2) is 11.6 Å². The first-order valence-electron chi connectivity index (χ1n) is 17.6. The number of allylic oxidation sites excluding steroid dienone is 9. The van der Waals surface area contributed by atoms with Crippen LogP contribution in [0, 0.1) is 5.92 Å². The number of nitrogens with zero attached hydrogens (tertiary/aromatic N) is 4. The molecular weight excluding hydrogens is 625 g/mol. The molecule has 11 rings (SSSR count). The Labute approximate surface area is 293 Å². The van der Waals surface area contributed by atoms with Crippen LogP contribution >= 0.6 is 0 Å². The van der Waals surface area contributed by atoms with Crippen LogP contribution in [0.2, 0.25) is 0 Å². The van der Waals surface area contributed by atoms with Crippen molar-refractivity contribution in [1.82, 2.24) is 19.9 Å². The maximum atomic E-state index is 6.62. The summed E-state index contributed by atoms with van der Waals surface area (Å²) in [5.41, 5.74) is 8.25. The number of aryl methyl sites for hydroxylation is 1. The number of aromatic nitrogens is 4. The molecule has 3 aromatic heterocycles. The first kappa shape index (κ1) is 28.4. The van der Waals surface area contributed by atoms with E-state index in [-0.39, 0.29) is 11.8 Å². The van der Waals surface area contributed by atoms with Crippen LogP contribution in [0.1, 0.15) is 29.3 Å². The predicted octanol–water partition coefficient (Wildman–Crippen LogP) is 11.2. The van der Waals surface area contributed by atoms with Crippen molar-refractivity contribution >= 4 is 60.5 Å². The smallest absolute Gasteiger partial charge is 0.164 e. The van der Waals surface area contributed by atoms with Gasteiger partial charge in [0.1, 0.15) is 17.0 Å².